The van der Waals surface area contributed by atoms with Gasteiger partial charge in [-0.2, -0.15) is 0 Å². The van der Waals surface area contributed by atoms with Crippen molar-refractivity contribution in [3.63, 3.8) is 0 Å². The highest BCUT2D eigenvalue weighted by molar-refractivity contribution is 5.71. The molecule has 3 aromatic rings. The van der Waals surface area contributed by atoms with E-state index in [-0.39, 0.29) is 5.75 Å². The lowest BCUT2D eigenvalue weighted by Crippen LogP contribution is -2.33. The van der Waals surface area contributed by atoms with E-state index in [0.717, 1.165) is 32.6 Å². The molecule has 0 radical (unpaired) electrons. The fourth-order valence-electron chi connectivity index (χ4n) is 4.23. The van der Waals surface area contributed by atoms with Gasteiger partial charge in [0.15, 0.2) is 5.65 Å². The SMILES string of the molecule is CCN1CCC(CCNc2ccc3ncc(-c4cc(OC(F)(F)F)ccc4OC)n3n2)CC1. The van der Waals surface area contributed by atoms with E-state index in [4.69, 9.17) is 4.74 Å². The molecule has 0 bridgehead atoms. The van der Waals surface area contributed by atoms with E-state index in [1.165, 1.54) is 38.2 Å². The average Bonchev–Trinajstić information content (AvgIpc) is 3.21. The van der Waals surface area contributed by atoms with Crippen molar-refractivity contribution >= 4 is 11.5 Å². The zero-order valence-corrected chi connectivity index (χ0v) is 18.7. The van der Waals surface area contributed by atoms with Gasteiger partial charge in [0, 0.05) is 12.1 Å². The first-order valence-electron chi connectivity index (χ1n) is 11.1. The molecule has 0 amide bonds. The maximum atomic E-state index is 12.7. The molecule has 1 aliphatic heterocycles. The number of ether oxygens (including phenoxy) is 2. The predicted octanol–water partition coefficient (Wildman–Crippen LogP) is 4.84. The highest BCUT2D eigenvalue weighted by Gasteiger charge is 2.31. The summed E-state index contributed by atoms with van der Waals surface area (Å²) in [6.45, 7) is 6.42. The van der Waals surface area contributed by atoms with Gasteiger partial charge in [0.25, 0.3) is 0 Å². The van der Waals surface area contributed by atoms with Crippen LogP contribution in [-0.4, -0.2) is 59.1 Å². The van der Waals surface area contributed by atoms with Gasteiger partial charge in [-0.25, -0.2) is 9.50 Å². The van der Waals surface area contributed by atoms with Crippen molar-refractivity contribution in [2.75, 3.05) is 38.6 Å². The fraction of sp³-hybridized carbons (Fsp3) is 0.478. The highest BCUT2D eigenvalue weighted by atomic mass is 19.4. The van der Waals surface area contributed by atoms with Crippen LogP contribution in [0.3, 0.4) is 0 Å². The second-order valence-corrected chi connectivity index (χ2v) is 8.13. The van der Waals surface area contributed by atoms with E-state index >= 15 is 0 Å². The number of fused-ring (bicyclic) bond motifs is 1. The Morgan fingerprint density at radius 3 is 2.64 bits per heavy atom. The zero-order valence-electron chi connectivity index (χ0n) is 18.7. The van der Waals surface area contributed by atoms with Crippen molar-refractivity contribution in [3.8, 4) is 22.8 Å². The monoisotopic (exact) mass is 463 g/mol. The lowest BCUT2D eigenvalue weighted by Gasteiger charge is -2.31. The maximum Gasteiger partial charge on any atom is 0.573 e. The Labute approximate surface area is 190 Å². The first-order valence-corrected chi connectivity index (χ1v) is 11.1. The molecule has 178 valence electrons. The number of imidazole rings is 1. The minimum atomic E-state index is -4.78. The number of rotatable bonds is 8. The standard InChI is InChI=1S/C23H28F3N5O2/c1-3-30-12-9-16(10-13-30)8-11-27-21-6-7-22-28-15-19(31(22)29-21)18-14-17(33-23(24,25)26)4-5-20(18)32-2/h4-7,14-16H,3,8-13H2,1-2H3,(H,27,29). The second-order valence-electron chi connectivity index (χ2n) is 8.13. The number of alkyl halides is 3. The molecule has 0 spiro atoms. The Kier molecular flexibility index (Phi) is 6.92. The lowest BCUT2D eigenvalue weighted by molar-refractivity contribution is -0.274. The quantitative estimate of drug-likeness (QED) is 0.516. The molecule has 10 heteroatoms. The van der Waals surface area contributed by atoms with E-state index in [9.17, 15) is 13.2 Å². The van der Waals surface area contributed by atoms with Crippen LogP contribution in [0, 0.1) is 5.92 Å². The van der Waals surface area contributed by atoms with Crippen molar-refractivity contribution in [3.05, 3.63) is 36.5 Å². The van der Waals surface area contributed by atoms with Crippen LogP contribution in [-0.2, 0) is 0 Å². The minimum absolute atomic E-state index is 0.336. The van der Waals surface area contributed by atoms with Gasteiger partial charge in [-0.3, -0.25) is 0 Å². The normalized spacial score (nSPS) is 15.7. The number of hydrogen-bond acceptors (Lipinski definition) is 6. The summed E-state index contributed by atoms with van der Waals surface area (Å²) in [5.41, 5.74) is 1.48. The van der Waals surface area contributed by atoms with Gasteiger partial charge in [0.1, 0.15) is 17.3 Å². The number of nitrogens with zero attached hydrogens (tertiary/aromatic N) is 4. The van der Waals surface area contributed by atoms with Crippen molar-refractivity contribution in [2.45, 2.75) is 32.5 Å². The Morgan fingerprint density at radius 1 is 1.15 bits per heavy atom. The van der Waals surface area contributed by atoms with E-state index < -0.39 is 6.36 Å². The van der Waals surface area contributed by atoms with E-state index in [1.807, 2.05) is 12.1 Å². The number of aromatic nitrogens is 3. The molecule has 3 heterocycles. The van der Waals surface area contributed by atoms with Gasteiger partial charge in [0.2, 0.25) is 0 Å². The maximum absolute atomic E-state index is 12.7. The van der Waals surface area contributed by atoms with Gasteiger partial charge in [-0.05, 0) is 75.1 Å². The average molecular weight is 464 g/mol. The molecule has 1 saturated heterocycles. The Morgan fingerprint density at radius 2 is 1.94 bits per heavy atom. The molecule has 4 rings (SSSR count). The van der Waals surface area contributed by atoms with Crippen molar-refractivity contribution < 1.29 is 22.6 Å². The number of nitrogens with one attached hydrogen (secondary N) is 1. The molecule has 33 heavy (non-hydrogen) atoms. The summed E-state index contributed by atoms with van der Waals surface area (Å²) in [6.07, 6.45) is 0.267. The summed E-state index contributed by atoms with van der Waals surface area (Å²) < 4.78 is 49.1. The van der Waals surface area contributed by atoms with Gasteiger partial charge in [-0.15, -0.1) is 18.3 Å². The van der Waals surface area contributed by atoms with Gasteiger partial charge < -0.3 is 19.7 Å². The minimum Gasteiger partial charge on any atom is -0.496 e. The third kappa shape index (κ3) is 5.68. The number of halogens is 3. The molecular formula is C23H28F3N5O2. The van der Waals surface area contributed by atoms with Crippen molar-refractivity contribution in [1.82, 2.24) is 19.5 Å². The van der Waals surface area contributed by atoms with E-state index in [1.54, 1.807) is 10.7 Å². The van der Waals surface area contributed by atoms with E-state index in [2.05, 4.69) is 32.0 Å². The molecular weight excluding hydrogens is 435 g/mol. The number of methoxy groups -OCH3 is 1. The summed E-state index contributed by atoms with van der Waals surface area (Å²) in [5, 5.41) is 7.99. The number of anilines is 1. The molecule has 1 aliphatic rings. The van der Waals surface area contributed by atoms with Crippen LogP contribution in [0.25, 0.3) is 16.9 Å². The molecule has 0 saturated carbocycles. The first kappa shape index (κ1) is 23.2. The molecule has 1 aromatic carbocycles. The van der Waals surface area contributed by atoms with Gasteiger partial charge >= 0.3 is 6.36 Å². The number of benzene rings is 1. The summed E-state index contributed by atoms with van der Waals surface area (Å²) in [7, 11) is 1.46. The van der Waals surface area contributed by atoms with Crippen LogP contribution in [0.4, 0.5) is 19.0 Å². The summed E-state index contributed by atoms with van der Waals surface area (Å²) in [4.78, 5) is 6.81. The lowest BCUT2D eigenvalue weighted by atomic mass is 9.93. The fourth-order valence-corrected chi connectivity index (χ4v) is 4.23. The number of hydrogen-bond donors (Lipinski definition) is 1. The van der Waals surface area contributed by atoms with Gasteiger partial charge in [-0.1, -0.05) is 6.92 Å². The largest absolute Gasteiger partial charge is 0.573 e. The van der Waals surface area contributed by atoms with Crippen LogP contribution in [0.2, 0.25) is 0 Å². The highest BCUT2D eigenvalue weighted by Crippen LogP contribution is 2.35. The van der Waals surface area contributed by atoms with E-state index in [0.29, 0.717) is 34.4 Å². The third-order valence-corrected chi connectivity index (χ3v) is 6.06. The Balaban J connectivity index is 1.51. The van der Waals surface area contributed by atoms with Crippen LogP contribution in [0.5, 0.6) is 11.5 Å². The first-order chi connectivity index (χ1) is 15.9. The van der Waals surface area contributed by atoms with Crippen LogP contribution in [0.1, 0.15) is 26.2 Å². The Bertz CT molecular complexity index is 1080. The smallest absolute Gasteiger partial charge is 0.496 e. The summed E-state index contributed by atoms with van der Waals surface area (Å²) in [6, 6.07) is 7.60. The molecule has 1 N–H and O–H groups in total. The molecule has 0 atom stereocenters. The van der Waals surface area contributed by atoms with Crippen LogP contribution >= 0.6 is 0 Å². The second kappa shape index (κ2) is 9.86. The zero-order chi connectivity index (χ0) is 23.4. The van der Waals surface area contributed by atoms with Crippen LogP contribution in [0.15, 0.2) is 36.5 Å². The topological polar surface area (TPSA) is 63.9 Å². The Hall–Kier alpha value is -3.01. The molecule has 0 unspecified atom stereocenters. The predicted molar refractivity (Wildman–Crippen MR) is 120 cm³/mol. The molecule has 0 aliphatic carbocycles. The molecule has 7 nitrogen and oxygen atoms in total. The number of likely N-dealkylation sites (tertiary alicyclic amines) is 1. The number of piperidine rings is 1. The summed E-state index contributed by atoms with van der Waals surface area (Å²) in [5.74, 6) is 1.43. The molecule has 1 fully saturated rings. The summed E-state index contributed by atoms with van der Waals surface area (Å²) >= 11 is 0. The third-order valence-electron chi connectivity index (χ3n) is 6.06. The van der Waals surface area contributed by atoms with Crippen molar-refractivity contribution in [1.29, 1.82) is 0 Å². The van der Waals surface area contributed by atoms with Crippen molar-refractivity contribution in [2.24, 2.45) is 5.92 Å². The van der Waals surface area contributed by atoms with Gasteiger partial charge in [0.05, 0.1) is 19.0 Å². The van der Waals surface area contributed by atoms with Crippen LogP contribution < -0.4 is 14.8 Å². The molecule has 2 aromatic heterocycles.